The lowest BCUT2D eigenvalue weighted by molar-refractivity contribution is 0.965. The summed E-state index contributed by atoms with van der Waals surface area (Å²) in [6.07, 6.45) is 2.70. The van der Waals surface area contributed by atoms with E-state index in [1.54, 1.807) is 6.20 Å². The molecule has 1 aromatic carbocycles. The molecule has 0 bridgehead atoms. The SMILES string of the molecule is Cc1cc(C#N)cnc1N1CCc2ccccc21. The molecule has 0 saturated heterocycles. The molecule has 0 amide bonds. The van der Waals surface area contributed by atoms with Crippen LogP contribution in [0.25, 0.3) is 0 Å². The van der Waals surface area contributed by atoms with Gasteiger partial charge >= 0.3 is 0 Å². The van der Waals surface area contributed by atoms with Gasteiger partial charge in [-0.25, -0.2) is 4.98 Å². The molecule has 18 heavy (non-hydrogen) atoms. The van der Waals surface area contributed by atoms with Gasteiger partial charge in [-0.2, -0.15) is 5.26 Å². The number of pyridine rings is 1. The Hall–Kier alpha value is -2.34. The van der Waals surface area contributed by atoms with Crippen LogP contribution in [0.2, 0.25) is 0 Å². The van der Waals surface area contributed by atoms with E-state index < -0.39 is 0 Å². The second-order valence-corrected chi connectivity index (χ2v) is 4.51. The van der Waals surface area contributed by atoms with Crippen molar-refractivity contribution in [2.24, 2.45) is 0 Å². The van der Waals surface area contributed by atoms with Crippen molar-refractivity contribution >= 4 is 11.5 Å². The molecule has 0 atom stereocenters. The van der Waals surface area contributed by atoms with E-state index in [0.29, 0.717) is 5.56 Å². The van der Waals surface area contributed by atoms with Crippen molar-refractivity contribution in [1.29, 1.82) is 5.26 Å². The average molecular weight is 235 g/mol. The van der Waals surface area contributed by atoms with E-state index in [-0.39, 0.29) is 0 Å². The number of hydrogen-bond donors (Lipinski definition) is 0. The lowest BCUT2D eigenvalue weighted by Gasteiger charge is -2.20. The van der Waals surface area contributed by atoms with E-state index in [4.69, 9.17) is 5.26 Å². The first-order chi connectivity index (χ1) is 8.79. The topological polar surface area (TPSA) is 39.9 Å². The molecule has 0 unspecified atom stereocenters. The van der Waals surface area contributed by atoms with E-state index in [1.165, 1.54) is 11.3 Å². The Kier molecular flexibility index (Phi) is 2.49. The number of rotatable bonds is 1. The number of aryl methyl sites for hydroxylation is 1. The first-order valence-electron chi connectivity index (χ1n) is 6.02. The highest BCUT2D eigenvalue weighted by atomic mass is 15.2. The Morgan fingerprint density at radius 2 is 2.17 bits per heavy atom. The number of fused-ring (bicyclic) bond motifs is 1. The standard InChI is InChI=1S/C15H13N3/c1-11-8-12(9-16)10-17-15(11)18-7-6-13-4-2-3-5-14(13)18/h2-5,8,10H,6-7H2,1H3. The molecule has 2 aromatic rings. The van der Waals surface area contributed by atoms with Crippen molar-refractivity contribution in [3.8, 4) is 6.07 Å². The third-order valence-electron chi connectivity index (χ3n) is 3.32. The summed E-state index contributed by atoms with van der Waals surface area (Å²) in [5, 5.41) is 8.87. The molecule has 1 aliphatic rings. The number of benzene rings is 1. The summed E-state index contributed by atoms with van der Waals surface area (Å²) in [7, 11) is 0. The van der Waals surface area contributed by atoms with E-state index in [0.717, 1.165) is 24.3 Å². The van der Waals surface area contributed by atoms with Gasteiger partial charge in [-0.3, -0.25) is 0 Å². The summed E-state index contributed by atoms with van der Waals surface area (Å²) in [6, 6.07) is 12.4. The van der Waals surface area contributed by atoms with Crippen molar-refractivity contribution in [1.82, 2.24) is 4.98 Å². The lowest BCUT2D eigenvalue weighted by Crippen LogP contribution is -2.16. The third-order valence-corrected chi connectivity index (χ3v) is 3.32. The summed E-state index contributed by atoms with van der Waals surface area (Å²) in [5.41, 5.74) is 4.26. The first kappa shape index (κ1) is 10.8. The fraction of sp³-hybridized carbons (Fsp3) is 0.200. The molecule has 3 rings (SSSR count). The van der Waals surface area contributed by atoms with Gasteiger partial charge in [-0.15, -0.1) is 0 Å². The van der Waals surface area contributed by atoms with Crippen molar-refractivity contribution in [3.05, 3.63) is 53.2 Å². The molecular weight excluding hydrogens is 222 g/mol. The van der Waals surface area contributed by atoms with Crippen LogP contribution >= 0.6 is 0 Å². The maximum absolute atomic E-state index is 8.87. The predicted molar refractivity (Wildman–Crippen MR) is 70.8 cm³/mol. The minimum Gasteiger partial charge on any atom is -0.326 e. The minimum atomic E-state index is 0.615. The predicted octanol–water partition coefficient (Wildman–Crippen LogP) is 2.96. The van der Waals surface area contributed by atoms with Gasteiger partial charge in [0.1, 0.15) is 11.9 Å². The molecule has 3 heteroatoms. The number of nitriles is 1. The largest absolute Gasteiger partial charge is 0.326 e. The van der Waals surface area contributed by atoms with Gasteiger partial charge in [0.15, 0.2) is 0 Å². The highest BCUT2D eigenvalue weighted by Gasteiger charge is 2.21. The Bertz CT molecular complexity index is 640. The monoisotopic (exact) mass is 235 g/mol. The normalized spacial score (nSPS) is 13.2. The molecule has 0 radical (unpaired) electrons. The molecule has 0 N–H and O–H groups in total. The van der Waals surface area contributed by atoms with Crippen LogP contribution in [0.3, 0.4) is 0 Å². The molecule has 88 valence electrons. The summed E-state index contributed by atoms with van der Waals surface area (Å²) in [4.78, 5) is 6.66. The molecule has 2 heterocycles. The van der Waals surface area contributed by atoms with Gasteiger partial charge in [-0.1, -0.05) is 18.2 Å². The Balaban J connectivity index is 2.05. The summed E-state index contributed by atoms with van der Waals surface area (Å²) in [5.74, 6) is 0.957. The maximum atomic E-state index is 8.87. The molecule has 0 fully saturated rings. The molecule has 1 aromatic heterocycles. The van der Waals surface area contributed by atoms with Gasteiger partial charge in [0, 0.05) is 18.4 Å². The second-order valence-electron chi connectivity index (χ2n) is 4.51. The number of aromatic nitrogens is 1. The van der Waals surface area contributed by atoms with Gasteiger partial charge < -0.3 is 4.90 Å². The van der Waals surface area contributed by atoms with Crippen LogP contribution in [0.1, 0.15) is 16.7 Å². The number of anilines is 2. The zero-order valence-corrected chi connectivity index (χ0v) is 10.2. The summed E-state index contributed by atoms with van der Waals surface area (Å²) < 4.78 is 0. The van der Waals surface area contributed by atoms with E-state index in [1.807, 2.05) is 13.0 Å². The quantitative estimate of drug-likeness (QED) is 0.763. The van der Waals surface area contributed by atoms with Crippen LogP contribution < -0.4 is 4.90 Å². The molecular formula is C15H13N3. The van der Waals surface area contributed by atoms with Crippen molar-refractivity contribution in [2.75, 3.05) is 11.4 Å². The van der Waals surface area contributed by atoms with Gasteiger partial charge in [0.05, 0.1) is 5.56 Å². The zero-order valence-electron chi connectivity index (χ0n) is 10.2. The molecule has 1 aliphatic heterocycles. The first-order valence-corrected chi connectivity index (χ1v) is 6.02. The average Bonchev–Trinajstić information content (AvgIpc) is 2.82. The van der Waals surface area contributed by atoms with Gasteiger partial charge in [0.25, 0.3) is 0 Å². The fourth-order valence-electron chi connectivity index (χ4n) is 2.47. The van der Waals surface area contributed by atoms with Crippen LogP contribution in [-0.4, -0.2) is 11.5 Å². The fourth-order valence-corrected chi connectivity index (χ4v) is 2.47. The molecule has 0 spiro atoms. The highest BCUT2D eigenvalue weighted by Crippen LogP contribution is 2.34. The Morgan fingerprint density at radius 1 is 1.33 bits per heavy atom. The zero-order chi connectivity index (χ0) is 12.5. The van der Waals surface area contributed by atoms with E-state index in [2.05, 4.69) is 40.2 Å². The van der Waals surface area contributed by atoms with E-state index >= 15 is 0 Å². The lowest BCUT2D eigenvalue weighted by atomic mass is 10.1. The van der Waals surface area contributed by atoms with Gasteiger partial charge in [0.2, 0.25) is 0 Å². The van der Waals surface area contributed by atoms with Crippen LogP contribution in [0.5, 0.6) is 0 Å². The van der Waals surface area contributed by atoms with Gasteiger partial charge in [-0.05, 0) is 36.6 Å². The minimum absolute atomic E-state index is 0.615. The Labute approximate surface area is 106 Å². The molecule has 0 saturated carbocycles. The van der Waals surface area contributed by atoms with Crippen LogP contribution in [0.4, 0.5) is 11.5 Å². The smallest absolute Gasteiger partial charge is 0.135 e. The summed E-state index contributed by atoms with van der Waals surface area (Å²) in [6.45, 7) is 2.96. The van der Waals surface area contributed by atoms with Crippen molar-refractivity contribution in [3.63, 3.8) is 0 Å². The molecule has 3 nitrogen and oxygen atoms in total. The Morgan fingerprint density at radius 3 is 2.94 bits per heavy atom. The van der Waals surface area contributed by atoms with Crippen LogP contribution in [0.15, 0.2) is 36.5 Å². The second kappa shape index (κ2) is 4.15. The number of hydrogen-bond acceptors (Lipinski definition) is 3. The summed E-state index contributed by atoms with van der Waals surface area (Å²) >= 11 is 0. The van der Waals surface area contributed by atoms with Crippen LogP contribution in [-0.2, 0) is 6.42 Å². The molecule has 0 aliphatic carbocycles. The van der Waals surface area contributed by atoms with Crippen molar-refractivity contribution < 1.29 is 0 Å². The third kappa shape index (κ3) is 1.63. The number of para-hydroxylation sites is 1. The van der Waals surface area contributed by atoms with Crippen molar-refractivity contribution in [2.45, 2.75) is 13.3 Å². The van der Waals surface area contributed by atoms with Crippen LogP contribution in [0, 0.1) is 18.3 Å². The number of nitrogens with zero attached hydrogens (tertiary/aromatic N) is 3. The van der Waals surface area contributed by atoms with E-state index in [9.17, 15) is 0 Å². The highest BCUT2D eigenvalue weighted by molar-refractivity contribution is 5.69. The maximum Gasteiger partial charge on any atom is 0.135 e.